The van der Waals surface area contributed by atoms with Crippen LogP contribution in [0.4, 0.5) is 5.82 Å². The summed E-state index contributed by atoms with van der Waals surface area (Å²) in [6.45, 7) is 3.63. The SMILES string of the molecule is CCc1c(C)nc(-n2nc(-c3ccco3)cc2NC(=O)c2cc(OC)c(OC)c(OC)c2)[nH]c1=O. The molecule has 11 heteroatoms. The second-order valence-electron chi connectivity index (χ2n) is 7.48. The first-order valence-electron chi connectivity index (χ1n) is 10.8. The Morgan fingerprint density at radius 2 is 1.86 bits per heavy atom. The zero-order chi connectivity index (χ0) is 25.1. The van der Waals surface area contributed by atoms with Crippen molar-refractivity contribution in [1.82, 2.24) is 19.7 Å². The van der Waals surface area contributed by atoms with Crippen molar-refractivity contribution in [2.45, 2.75) is 20.3 Å². The summed E-state index contributed by atoms with van der Waals surface area (Å²) in [5.74, 6) is 1.46. The molecule has 0 aliphatic carbocycles. The lowest BCUT2D eigenvalue weighted by atomic mass is 10.1. The molecule has 35 heavy (non-hydrogen) atoms. The van der Waals surface area contributed by atoms with Crippen LogP contribution in [-0.4, -0.2) is 47.0 Å². The van der Waals surface area contributed by atoms with Crippen molar-refractivity contribution in [2.75, 3.05) is 26.6 Å². The van der Waals surface area contributed by atoms with E-state index in [1.165, 1.54) is 44.4 Å². The summed E-state index contributed by atoms with van der Waals surface area (Å²) < 4.78 is 22.8. The third kappa shape index (κ3) is 4.47. The minimum Gasteiger partial charge on any atom is -0.493 e. The Bertz CT molecular complexity index is 1400. The number of nitrogens with one attached hydrogen (secondary N) is 2. The van der Waals surface area contributed by atoms with Crippen LogP contribution in [0.25, 0.3) is 17.4 Å². The fourth-order valence-corrected chi connectivity index (χ4v) is 3.69. The highest BCUT2D eigenvalue weighted by Gasteiger charge is 2.21. The summed E-state index contributed by atoms with van der Waals surface area (Å²) in [7, 11) is 4.41. The van der Waals surface area contributed by atoms with Crippen molar-refractivity contribution in [3.8, 4) is 34.7 Å². The number of carbonyl (C=O) groups excluding carboxylic acids is 1. The van der Waals surface area contributed by atoms with Gasteiger partial charge < -0.3 is 23.9 Å². The van der Waals surface area contributed by atoms with E-state index in [2.05, 4.69) is 20.4 Å². The van der Waals surface area contributed by atoms with Gasteiger partial charge in [0.05, 0.1) is 27.6 Å². The quantitative estimate of drug-likeness (QED) is 0.393. The Morgan fingerprint density at radius 1 is 1.14 bits per heavy atom. The van der Waals surface area contributed by atoms with Crippen LogP contribution in [0.1, 0.15) is 28.5 Å². The van der Waals surface area contributed by atoms with Crippen molar-refractivity contribution in [3.05, 3.63) is 63.8 Å². The molecular weight excluding hydrogens is 454 g/mol. The fraction of sp³-hybridized carbons (Fsp3) is 0.250. The molecule has 0 spiro atoms. The topological polar surface area (TPSA) is 134 Å². The first kappa shape index (κ1) is 23.6. The van der Waals surface area contributed by atoms with Gasteiger partial charge in [-0.15, -0.1) is 0 Å². The number of ether oxygens (including phenoxy) is 3. The number of furan rings is 1. The molecule has 0 saturated carbocycles. The maximum atomic E-state index is 13.2. The van der Waals surface area contributed by atoms with E-state index in [0.29, 0.717) is 46.4 Å². The van der Waals surface area contributed by atoms with Gasteiger partial charge in [-0.1, -0.05) is 6.92 Å². The largest absolute Gasteiger partial charge is 0.493 e. The number of hydrogen-bond acceptors (Lipinski definition) is 8. The molecule has 0 saturated heterocycles. The van der Waals surface area contributed by atoms with Crippen molar-refractivity contribution >= 4 is 11.7 Å². The molecule has 182 valence electrons. The maximum Gasteiger partial charge on any atom is 0.257 e. The molecule has 0 unspecified atom stereocenters. The molecule has 1 amide bonds. The third-order valence-corrected chi connectivity index (χ3v) is 5.42. The lowest BCUT2D eigenvalue weighted by molar-refractivity contribution is 0.102. The van der Waals surface area contributed by atoms with E-state index >= 15 is 0 Å². The Morgan fingerprint density at radius 3 is 2.40 bits per heavy atom. The van der Waals surface area contributed by atoms with E-state index in [4.69, 9.17) is 18.6 Å². The number of benzene rings is 1. The number of aromatic amines is 1. The summed E-state index contributed by atoms with van der Waals surface area (Å²) in [6.07, 6.45) is 2.05. The van der Waals surface area contributed by atoms with E-state index in [0.717, 1.165) is 0 Å². The second kappa shape index (κ2) is 9.75. The number of amides is 1. The van der Waals surface area contributed by atoms with E-state index in [-0.39, 0.29) is 22.9 Å². The van der Waals surface area contributed by atoms with Gasteiger partial charge in [-0.3, -0.25) is 14.6 Å². The average Bonchev–Trinajstić information content (AvgIpc) is 3.53. The van der Waals surface area contributed by atoms with Gasteiger partial charge in [0.25, 0.3) is 11.5 Å². The van der Waals surface area contributed by atoms with Crippen LogP contribution in [0.15, 0.2) is 45.8 Å². The Kier molecular flexibility index (Phi) is 6.58. The van der Waals surface area contributed by atoms with Gasteiger partial charge in [-0.05, 0) is 37.6 Å². The lowest BCUT2D eigenvalue weighted by Crippen LogP contribution is -2.22. The molecule has 0 atom stereocenters. The normalized spacial score (nSPS) is 10.8. The average molecular weight is 479 g/mol. The van der Waals surface area contributed by atoms with Gasteiger partial charge in [0.2, 0.25) is 11.7 Å². The number of methoxy groups -OCH3 is 3. The standard InChI is InChI=1S/C24H25N5O6/c1-6-15-13(2)25-24(27-23(15)31)29-20(12-16(28-29)17-8-7-9-35-17)26-22(30)14-10-18(32-3)21(34-5)19(11-14)33-4/h7-12H,6H2,1-5H3,(H,26,30)(H,25,27,31). The number of anilines is 1. The van der Waals surface area contributed by atoms with Gasteiger partial charge in [-0.2, -0.15) is 9.78 Å². The molecule has 0 aliphatic rings. The van der Waals surface area contributed by atoms with Crippen molar-refractivity contribution in [2.24, 2.45) is 0 Å². The molecule has 0 aliphatic heterocycles. The van der Waals surface area contributed by atoms with Gasteiger partial charge in [-0.25, -0.2) is 4.98 Å². The molecular formula is C24H25N5O6. The van der Waals surface area contributed by atoms with Gasteiger partial charge in [0.1, 0.15) is 11.5 Å². The highest BCUT2D eigenvalue weighted by molar-refractivity contribution is 6.05. The van der Waals surface area contributed by atoms with Crippen LogP contribution in [0.3, 0.4) is 0 Å². The van der Waals surface area contributed by atoms with Crippen molar-refractivity contribution < 1.29 is 23.4 Å². The van der Waals surface area contributed by atoms with E-state index < -0.39 is 5.91 Å². The fourth-order valence-electron chi connectivity index (χ4n) is 3.69. The van der Waals surface area contributed by atoms with Gasteiger partial charge in [0, 0.05) is 22.9 Å². The number of aryl methyl sites for hydroxylation is 1. The van der Waals surface area contributed by atoms with Gasteiger partial charge >= 0.3 is 0 Å². The Labute approximate surface area is 200 Å². The van der Waals surface area contributed by atoms with E-state index in [9.17, 15) is 9.59 Å². The smallest absolute Gasteiger partial charge is 0.257 e. The monoisotopic (exact) mass is 479 g/mol. The molecule has 3 heterocycles. The zero-order valence-electron chi connectivity index (χ0n) is 20.0. The number of rotatable bonds is 8. The molecule has 11 nitrogen and oxygen atoms in total. The molecule has 4 rings (SSSR count). The van der Waals surface area contributed by atoms with Crippen LogP contribution in [0.5, 0.6) is 17.2 Å². The number of aromatic nitrogens is 4. The van der Waals surface area contributed by atoms with Crippen LogP contribution in [-0.2, 0) is 6.42 Å². The van der Waals surface area contributed by atoms with Crippen LogP contribution in [0, 0.1) is 6.92 Å². The van der Waals surface area contributed by atoms with Crippen LogP contribution in [0.2, 0.25) is 0 Å². The van der Waals surface area contributed by atoms with Crippen LogP contribution < -0.4 is 25.1 Å². The summed E-state index contributed by atoms with van der Waals surface area (Å²) in [5, 5.41) is 7.33. The Hall–Kier alpha value is -4.54. The maximum absolute atomic E-state index is 13.2. The number of nitrogens with zero attached hydrogens (tertiary/aromatic N) is 3. The first-order chi connectivity index (χ1) is 16.9. The Balaban J connectivity index is 1.79. The van der Waals surface area contributed by atoms with Crippen LogP contribution >= 0.6 is 0 Å². The molecule has 0 bridgehead atoms. The summed E-state index contributed by atoms with van der Waals surface area (Å²) in [4.78, 5) is 33.1. The molecule has 2 N–H and O–H groups in total. The van der Waals surface area contributed by atoms with E-state index in [1.807, 2.05) is 6.92 Å². The summed E-state index contributed by atoms with van der Waals surface area (Å²) in [5.41, 5.74) is 1.58. The predicted octanol–water partition coefficient (Wildman–Crippen LogP) is 3.36. The zero-order valence-corrected chi connectivity index (χ0v) is 20.0. The molecule has 4 aromatic rings. The molecule has 1 aromatic carbocycles. The van der Waals surface area contributed by atoms with Gasteiger partial charge in [0.15, 0.2) is 17.3 Å². The number of H-pyrrole nitrogens is 1. The molecule has 0 radical (unpaired) electrons. The number of hydrogen-bond donors (Lipinski definition) is 2. The van der Waals surface area contributed by atoms with E-state index in [1.54, 1.807) is 25.1 Å². The lowest BCUT2D eigenvalue weighted by Gasteiger charge is -2.14. The summed E-state index contributed by atoms with van der Waals surface area (Å²) in [6, 6.07) is 8.15. The highest BCUT2D eigenvalue weighted by atomic mass is 16.5. The highest BCUT2D eigenvalue weighted by Crippen LogP contribution is 2.38. The number of carbonyl (C=O) groups is 1. The predicted molar refractivity (Wildman–Crippen MR) is 128 cm³/mol. The molecule has 3 aromatic heterocycles. The summed E-state index contributed by atoms with van der Waals surface area (Å²) >= 11 is 0. The first-order valence-corrected chi connectivity index (χ1v) is 10.8. The minimum atomic E-state index is -0.472. The minimum absolute atomic E-state index is 0.155. The third-order valence-electron chi connectivity index (χ3n) is 5.42. The second-order valence-corrected chi connectivity index (χ2v) is 7.48. The molecule has 0 fully saturated rings. The van der Waals surface area contributed by atoms with Crippen molar-refractivity contribution in [3.63, 3.8) is 0 Å². The van der Waals surface area contributed by atoms with Crippen molar-refractivity contribution in [1.29, 1.82) is 0 Å².